The number of hydrogen-bond acceptors (Lipinski definition) is 2. The first-order chi connectivity index (χ1) is 10.8. The second-order valence-electron chi connectivity index (χ2n) is 5.24. The first-order valence-corrected chi connectivity index (χ1v) is 7.33. The van der Waals surface area contributed by atoms with E-state index < -0.39 is 0 Å². The van der Waals surface area contributed by atoms with Gasteiger partial charge in [0.15, 0.2) is 0 Å². The van der Waals surface area contributed by atoms with Crippen molar-refractivity contribution in [3.63, 3.8) is 0 Å². The Labute approximate surface area is 128 Å². The number of aromatic nitrogens is 2. The Morgan fingerprint density at radius 1 is 1.14 bits per heavy atom. The Bertz CT molecular complexity index is 815. The maximum atomic E-state index is 13.3. The summed E-state index contributed by atoms with van der Waals surface area (Å²) >= 11 is 0. The SMILES string of the molecule is N#CCc1nc2cc(F)ccc2n1CCCc1ccccc1. The third kappa shape index (κ3) is 2.99. The van der Waals surface area contributed by atoms with Crippen LogP contribution in [0.15, 0.2) is 48.5 Å². The van der Waals surface area contributed by atoms with E-state index in [9.17, 15) is 4.39 Å². The number of hydrogen-bond donors (Lipinski definition) is 0. The lowest BCUT2D eigenvalue weighted by Gasteiger charge is -2.07. The summed E-state index contributed by atoms with van der Waals surface area (Å²) in [6.45, 7) is 0.772. The fourth-order valence-electron chi connectivity index (χ4n) is 2.69. The maximum Gasteiger partial charge on any atom is 0.125 e. The molecule has 0 aliphatic carbocycles. The van der Waals surface area contributed by atoms with Gasteiger partial charge in [0, 0.05) is 12.6 Å². The fourth-order valence-corrected chi connectivity index (χ4v) is 2.69. The molecule has 0 spiro atoms. The van der Waals surface area contributed by atoms with E-state index in [4.69, 9.17) is 5.26 Å². The van der Waals surface area contributed by atoms with E-state index in [1.165, 1.54) is 17.7 Å². The molecular weight excluding hydrogens is 277 g/mol. The van der Waals surface area contributed by atoms with E-state index in [0.29, 0.717) is 11.3 Å². The lowest BCUT2D eigenvalue weighted by molar-refractivity contribution is 0.627. The highest BCUT2D eigenvalue weighted by molar-refractivity contribution is 5.76. The van der Waals surface area contributed by atoms with Crippen molar-refractivity contribution in [1.29, 1.82) is 5.26 Å². The van der Waals surface area contributed by atoms with Gasteiger partial charge in [-0.3, -0.25) is 0 Å². The molecule has 0 saturated heterocycles. The van der Waals surface area contributed by atoms with Crippen LogP contribution in [-0.4, -0.2) is 9.55 Å². The molecule has 0 amide bonds. The predicted octanol–water partition coefficient (Wildman–Crippen LogP) is 3.87. The van der Waals surface area contributed by atoms with Gasteiger partial charge in [0.05, 0.1) is 23.5 Å². The largest absolute Gasteiger partial charge is 0.327 e. The van der Waals surface area contributed by atoms with Crippen molar-refractivity contribution in [2.24, 2.45) is 0 Å². The van der Waals surface area contributed by atoms with Crippen LogP contribution < -0.4 is 0 Å². The highest BCUT2D eigenvalue weighted by atomic mass is 19.1. The zero-order chi connectivity index (χ0) is 15.4. The summed E-state index contributed by atoms with van der Waals surface area (Å²) in [5.74, 6) is 0.404. The van der Waals surface area contributed by atoms with E-state index >= 15 is 0 Å². The smallest absolute Gasteiger partial charge is 0.125 e. The Morgan fingerprint density at radius 3 is 2.73 bits per heavy atom. The summed E-state index contributed by atoms with van der Waals surface area (Å²) < 4.78 is 15.4. The number of nitrogens with zero attached hydrogens (tertiary/aromatic N) is 3. The van der Waals surface area contributed by atoms with Gasteiger partial charge in [0.25, 0.3) is 0 Å². The molecule has 0 unspecified atom stereocenters. The van der Waals surface area contributed by atoms with Crippen LogP contribution in [0.25, 0.3) is 11.0 Å². The predicted molar refractivity (Wildman–Crippen MR) is 83.8 cm³/mol. The summed E-state index contributed by atoms with van der Waals surface area (Å²) in [5, 5.41) is 8.95. The average molecular weight is 293 g/mol. The van der Waals surface area contributed by atoms with Crippen molar-refractivity contribution >= 4 is 11.0 Å². The van der Waals surface area contributed by atoms with Crippen LogP contribution in [0.3, 0.4) is 0 Å². The van der Waals surface area contributed by atoms with Crippen LogP contribution in [0.5, 0.6) is 0 Å². The third-order valence-corrected chi connectivity index (χ3v) is 3.72. The molecular formula is C18H16FN3. The topological polar surface area (TPSA) is 41.6 Å². The van der Waals surface area contributed by atoms with E-state index in [1.54, 1.807) is 6.07 Å². The Kier molecular flexibility index (Phi) is 4.15. The van der Waals surface area contributed by atoms with Crippen molar-refractivity contribution < 1.29 is 4.39 Å². The van der Waals surface area contributed by atoms with Gasteiger partial charge in [-0.05, 0) is 30.5 Å². The standard InChI is InChI=1S/C18H16FN3/c19-15-8-9-17-16(13-15)21-18(10-11-20)22(17)12-4-7-14-5-2-1-3-6-14/h1-3,5-6,8-9,13H,4,7,10,12H2. The van der Waals surface area contributed by atoms with Gasteiger partial charge in [-0.1, -0.05) is 30.3 Å². The number of nitriles is 1. The molecule has 0 saturated carbocycles. The van der Waals surface area contributed by atoms with Crippen LogP contribution in [0.2, 0.25) is 0 Å². The van der Waals surface area contributed by atoms with Crippen molar-refractivity contribution in [1.82, 2.24) is 9.55 Å². The molecule has 3 rings (SSSR count). The molecule has 110 valence electrons. The second-order valence-corrected chi connectivity index (χ2v) is 5.24. The molecule has 1 heterocycles. The molecule has 3 aromatic rings. The summed E-state index contributed by atoms with van der Waals surface area (Å²) in [6, 6.07) is 17.0. The summed E-state index contributed by atoms with van der Waals surface area (Å²) in [6.07, 6.45) is 2.15. The van der Waals surface area contributed by atoms with Gasteiger partial charge in [0.1, 0.15) is 11.6 Å². The molecule has 0 atom stereocenters. The molecule has 0 radical (unpaired) electrons. The summed E-state index contributed by atoms with van der Waals surface area (Å²) in [5.41, 5.74) is 2.80. The third-order valence-electron chi connectivity index (χ3n) is 3.72. The molecule has 2 aromatic carbocycles. The van der Waals surface area contributed by atoms with Gasteiger partial charge in [-0.2, -0.15) is 5.26 Å². The summed E-state index contributed by atoms with van der Waals surface area (Å²) in [4.78, 5) is 4.39. The first kappa shape index (κ1) is 14.3. The van der Waals surface area contributed by atoms with Gasteiger partial charge in [-0.25, -0.2) is 9.37 Å². The van der Waals surface area contributed by atoms with Gasteiger partial charge < -0.3 is 4.57 Å². The van der Waals surface area contributed by atoms with E-state index in [1.807, 2.05) is 22.8 Å². The zero-order valence-electron chi connectivity index (χ0n) is 12.2. The number of imidazole rings is 1. The molecule has 22 heavy (non-hydrogen) atoms. The van der Waals surface area contributed by atoms with Crippen LogP contribution in [-0.2, 0) is 19.4 Å². The lowest BCUT2D eigenvalue weighted by Crippen LogP contribution is -2.04. The van der Waals surface area contributed by atoms with E-state index in [2.05, 4.69) is 23.2 Å². The van der Waals surface area contributed by atoms with Crippen LogP contribution >= 0.6 is 0 Å². The van der Waals surface area contributed by atoms with Crippen LogP contribution in [0.4, 0.5) is 4.39 Å². The molecule has 0 bridgehead atoms. The lowest BCUT2D eigenvalue weighted by atomic mass is 10.1. The second kappa shape index (κ2) is 6.40. The minimum absolute atomic E-state index is 0.238. The molecule has 0 fully saturated rings. The molecule has 4 heteroatoms. The maximum absolute atomic E-state index is 13.3. The normalized spacial score (nSPS) is 10.7. The number of aryl methyl sites for hydroxylation is 2. The Balaban J connectivity index is 1.82. The van der Waals surface area contributed by atoms with Crippen LogP contribution in [0.1, 0.15) is 17.8 Å². The zero-order valence-corrected chi connectivity index (χ0v) is 12.2. The first-order valence-electron chi connectivity index (χ1n) is 7.33. The van der Waals surface area contributed by atoms with Gasteiger partial charge in [0.2, 0.25) is 0 Å². The molecule has 3 nitrogen and oxygen atoms in total. The highest BCUT2D eigenvalue weighted by Crippen LogP contribution is 2.19. The number of benzene rings is 2. The van der Waals surface area contributed by atoms with Crippen molar-refractivity contribution in [3.8, 4) is 6.07 Å². The number of fused-ring (bicyclic) bond motifs is 1. The van der Waals surface area contributed by atoms with Gasteiger partial charge >= 0.3 is 0 Å². The van der Waals surface area contributed by atoms with Crippen molar-refractivity contribution in [3.05, 3.63) is 65.7 Å². The fraction of sp³-hybridized carbons (Fsp3) is 0.222. The van der Waals surface area contributed by atoms with E-state index in [0.717, 1.165) is 24.9 Å². The number of halogens is 1. The Morgan fingerprint density at radius 2 is 1.95 bits per heavy atom. The number of rotatable bonds is 5. The average Bonchev–Trinajstić information content (AvgIpc) is 2.85. The molecule has 0 aliphatic heterocycles. The highest BCUT2D eigenvalue weighted by Gasteiger charge is 2.11. The molecule has 0 N–H and O–H groups in total. The van der Waals surface area contributed by atoms with Crippen molar-refractivity contribution in [2.45, 2.75) is 25.8 Å². The summed E-state index contributed by atoms with van der Waals surface area (Å²) in [7, 11) is 0. The van der Waals surface area contributed by atoms with Gasteiger partial charge in [-0.15, -0.1) is 0 Å². The molecule has 0 aliphatic rings. The van der Waals surface area contributed by atoms with Crippen molar-refractivity contribution in [2.75, 3.05) is 0 Å². The Hall–Kier alpha value is -2.67. The molecule has 1 aromatic heterocycles. The minimum Gasteiger partial charge on any atom is -0.327 e. The van der Waals surface area contributed by atoms with E-state index in [-0.39, 0.29) is 12.2 Å². The quantitative estimate of drug-likeness (QED) is 0.716. The van der Waals surface area contributed by atoms with Crippen LogP contribution in [0, 0.1) is 17.1 Å². The minimum atomic E-state index is -0.301. The monoisotopic (exact) mass is 293 g/mol.